The molecule has 0 radical (unpaired) electrons. The van der Waals surface area contributed by atoms with Crippen LogP contribution < -0.4 is 0 Å². The fourth-order valence-corrected chi connectivity index (χ4v) is 6.68. The molecule has 0 saturated heterocycles. The van der Waals surface area contributed by atoms with Crippen LogP contribution in [0.4, 0.5) is 0 Å². The number of hydrogen-bond donors (Lipinski definition) is 1. The summed E-state index contributed by atoms with van der Waals surface area (Å²) in [5.41, 5.74) is 8.03. The topological polar surface area (TPSA) is 43.2 Å². The molecular formula is C36H28Cl2N2O2. The molecule has 0 fully saturated rings. The highest BCUT2D eigenvalue weighted by atomic mass is 35.5. The number of aliphatic hydroxyl groups is 1. The fraction of sp³-hybridized carbons (Fsp3) is 0.111. The van der Waals surface area contributed by atoms with E-state index in [-0.39, 0.29) is 6.61 Å². The van der Waals surface area contributed by atoms with Crippen molar-refractivity contribution in [3.63, 3.8) is 0 Å². The summed E-state index contributed by atoms with van der Waals surface area (Å²) in [6.45, 7) is 3.07. The first-order chi connectivity index (χ1) is 20.5. The van der Waals surface area contributed by atoms with Crippen molar-refractivity contribution in [1.29, 1.82) is 0 Å². The number of benzene rings is 4. The van der Waals surface area contributed by atoms with Crippen molar-refractivity contribution >= 4 is 45.0 Å². The molecule has 0 aliphatic rings. The zero-order valence-corrected chi connectivity index (χ0v) is 24.5. The molecule has 0 aliphatic heterocycles. The van der Waals surface area contributed by atoms with Gasteiger partial charge < -0.3 is 18.7 Å². The number of rotatable bonds is 7. The summed E-state index contributed by atoms with van der Waals surface area (Å²) >= 11 is 13.8. The van der Waals surface area contributed by atoms with Gasteiger partial charge in [-0.2, -0.15) is 0 Å². The number of halogens is 2. The van der Waals surface area contributed by atoms with Crippen molar-refractivity contribution in [1.82, 2.24) is 9.13 Å². The van der Waals surface area contributed by atoms with E-state index < -0.39 is 0 Å². The van der Waals surface area contributed by atoms with Gasteiger partial charge in [0.25, 0.3) is 0 Å². The van der Waals surface area contributed by atoms with Crippen LogP contribution in [0.5, 0.6) is 0 Å². The maximum absolute atomic E-state index is 10.6. The second kappa shape index (κ2) is 10.9. The molecule has 0 bridgehead atoms. The maximum atomic E-state index is 10.6. The Bertz CT molecular complexity index is 2050. The third kappa shape index (κ3) is 4.53. The number of aryl methyl sites for hydroxylation is 1. The Balaban J connectivity index is 1.49. The quantitative estimate of drug-likeness (QED) is 0.201. The average Bonchev–Trinajstić information content (AvgIpc) is 3.66. The molecule has 0 atom stereocenters. The van der Waals surface area contributed by atoms with E-state index in [2.05, 4.69) is 70.1 Å². The van der Waals surface area contributed by atoms with E-state index in [0.29, 0.717) is 34.7 Å². The molecule has 1 N–H and O–H groups in total. The Morgan fingerprint density at radius 3 is 1.57 bits per heavy atom. The van der Waals surface area contributed by atoms with E-state index in [1.807, 2.05) is 55.5 Å². The van der Waals surface area contributed by atoms with E-state index in [0.717, 1.165) is 44.1 Å². The number of furan rings is 1. The van der Waals surface area contributed by atoms with Crippen LogP contribution in [0.15, 0.2) is 114 Å². The maximum Gasteiger partial charge on any atom is 0.138 e. The zero-order chi connectivity index (χ0) is 28.8. The Morgan fingerprint density at radius 2 is 1.10 bits per heavy atom. The minimum Gasteiger partial charge on any atom is -0.463 e. The number of fused-ring (bicyclic) bond motifs is 2. The first-order valence-electron chi connectivity index (χ1n) is 13.9. The molecule has 7 aromatic rings. The van der Waals surface area contributed by atoms with E-state index in [1.165, 1.54) is 11.1 Å². The Labute approximate surface area is 254 Å². The van der Waals surface area contributed by atoms with Crippen molar-refractivity contribution in [2.75, 3.05) is 0 Å². The summed E-state index contributed by atoms with van der Waals surface area (Å²) < 4.78 is 10.7. The number of hydrogen-bond acceptors (Lipinski definition) is 2. The molecule has 4 nitrogen and oxygen atoms in total. The van der Waals surface area contributed by atoms with Crippen molar-refractivity contribution < 1.29 is 9.52 Å². The Morgan fingerprint density at radius 1 is 0.619 bits per heavy atom. The van der Waals surface area contributed by atoms with Crippen LogP contribution in [0.25, 0.3) is 44.1 Å². The minimum atomic E-state index is -0.248. The molecular weight excluding hydrogens is 563 g/mol. The van der Waals surface area contributed by atoms with Gasteiger partial charge in [0.05, 0.1) is 21.1 Å². The van der Waals surface area contributed by atoms with Crippen LogP contribution >= 0.6 is 23.2 Å². The van der Waals surface area contributed by atoms with Gasteiger partial charge in [-0.25, -0.2) is 0 Å². The fourth-order valence-electron chi connectivity index (χ4n) is 6.14. The molecule has 3 aromatic heterocycles. The SMILES string of the molecule is Cc1oc(CO)c(-c2cn(Cc3ccccc3)c3cccc(Cl)c23)c1-c1cn(Cc2ccccc2)c2cccc(Cl)c12. The van der Waals surface area contributed by atoms with Gasteiger partial charge in [-0.15, -0.1) is 0 Å². The molecule has 0 aliphatic carbocycles. The molecule has 7 rings (SSSR count). The summed E-state index contributed by atoms with van der Waals surface area (Å²) in [5, 5.41) is 13.7. The van der Waals surface area contributed by atoms with Crippen molar-refractivity contribution in [2.45, 2.75) is 26.6 Å². The average molecular weight is 592 g/mol. The van der Waals surface area contributed by atoms with Crippen LogP contribution in [0.2, 0.25) is 10.0 Å². The summed E-state index contributed by atoms with van der Waals surface area (Å²) in [6, 6.07) is 32.7. The minimum absolute atomic E-state index is 0.248. The van der Waals surface area contributed by atoms with Gasteiger partial charge in [0.15, 0.2) is 0 Å². The van der Waals surface area contributed by atoms with E-state index in [1.54, 1.807) is 0 Å². The number of nitrogens with zero attached hydrogens (tertiary/aromatic N) is 2. The van der Waals surface area contributed by atoms with Crippen molar-refractivity contribution in [3.8, 4) is 22.3 Å². The van der Waals surface area contributed by atoms with Gasteiger partial charge in [0.1, 0.15) is 18.1 Å². The largest absolute Gasteiger partial charge is 0.463 e. The molecule has 208 valence electrons. The second-order valence-electron chi connectivity index (χ2n) is 10.6. The third-order valence-corrected chi connectivity index (χ3v) is 8.57. The van der Waals surface area contributed by atoms with Crippen LogP contribution in [0.3, 0.4) is 0 Å². The summed E-state index contributed by atoms with van der Waals surface area (Å²) in [6.07, 6.45) is 4.28. The predicted octanol–water partition coefficient (Wildman–Crippen LogP) is 9.73. The third-order valence-electron chi connectivity index (χ3n) is 7.94. The summed E-state index contributed by atoms with van der Waals surface area (Å²) in [5.74, 6) is 1.21. The van der Waals surface area contributed by atoms with Gasteiger partial charge >= 0.3 is 0 Å². The summed E-state index contributed by atoms with van der Waals surface area (Å²) in [7, 11) is 0. The first kappa shape index (κ1) is 26.7. The standard InChI is InChI=1S/C36H28Cl2N2O2/c1-23-33(26-20-39(18-24-10-4-2-5-11-24)30-16-8-14-28(37)34(26)30)36(32(22-41)42-23)27-21-40(19-25-12-6-3-7-13-25)31-17-9-15-29(38)35(27)31/h2-17,20-21,41H,18-19,22H2,1H3. The highest BCUT2D eigenvalue weighted by Gasteiger charge is 2.27. The van der Waals surface area contributed by atoms with Gasteiger partial charge in [-0.1, -0.05) is 96.0 Å². The first-order valence-corrected chi connectivity index (χ1v) is 14.7. The molecule has 6 heteroatoms. The van der Waals surface area contributed by atoms with E-state index in [4.69, 9.17) is 27.6 Å². The van der Waals surface area contributed by atoms with Crippen LogP contribution in [0.1, 0.15) is 22.6 Å². The normalized spacial score (nSPS) is 11.6. The lowest BCUT2D eigenvalue weighted by Crippen LogP contribution is -1.97. The molecule has 4 aromatic carbocycles. The molecule has 0 saturated carbocycles. The van der Waals surface area contributed by atoms with Gasteiger partial charge in [0.2, 0.25) is 0 Å². The lowest BCUT2D eigenvalue weighted by atomic mass is 9.94. The number of aliphatic hydroxyl groups excluding tert-OH is 1. The van der Waals surface area contributed by atoms with Gasteiger partial charge in [-0.05, 0) is 42.3 Å². The Kier molecular flexibility index (Phi) is 6.91. The molecule has 0 unspecified atom stereocenters. The lowest BCUT2D eigenvalue weighted by Gasteiger charge is -2.06. The monoisotopic (exact) mass is 590 g/mol. The second-order valence-corrected chi connectivity index (χ2v) is 11.4. The van der Waals surface area contributed by atoms with Crippen molar-refractivity contribution in [3.05, 3.63) is 142 Å². The zero-order valence-electron chi connectivity index (χ0n) is 23.0. The van der Waals surface area contributed by atoms with Gasteiger partial charge in [-0.3, -0.25) is 0 Å². The lowest BCUT2D eigenvalue weighted by molar-refractivity contribution is 0.245. The molecule has 3 heterocycles. The van der Waals surface area contributed by atoms with E-state index in [9.17, 15) is 5.11 Å². The number of aromatic nitrogens is 2. The predicted molar refractivity (Wildman–Crippen MR) is 172 cm³/mol. The van der Waals surface area contributed by atoms with E-state index >= 15 is 0 Å². The van der Waals surface area contributed by atoms with Gasteiger partial charge in [0, 0.05) is 58.5 Å². The highest BCUT2D eigenvalue weighted by molar-refractivity contribution is 6.37. The molecule has 0 amide bonds. The highest BCUT2D eigenvalue weighted by Crippen LogP contribution is 2.48. The van der Waals surface area contributed by atoms with Crippen LogP contribution in [0, 0.1) is 6.92 Å². The molecule has 0 spiro atoms. The molecule has 42 heavy (non-hydrogen) atoms. The summed E-state index contributed by atoms with van der Waals surface area (Å²) in [4.78, 5) is 0. The smallest absolute Gasteiger partial charge is 0.138 e. The van der Waals surface area contributed by atoms with Crippen LogP contribution in [-0.2, 0) is 19.7 Å². The Hall–Kier alpha value is -4.22. The van der Waals surface area contributed by atoms with Crippen LogP contribution in [-0.4, -0.2) is 14.2 Å². The van der Waals surface area contributed by atoms with Crippen molar-refractivity contribution in [2.24, 2.45) is 0 Å².